The molecule has 2 aromatic rings. The lowest BCUT2D eigenvalue weighted by molar-refractivity contribution is -0.242. The second-order valence-electron chi connectivity index (χ2n) is 6.60. The van der Waals surface area contributed by atoms with Crippen molar-refractivity contribution in [1.29, 1.82) is 0 Å². The minimum Gasteiger partial charge on any atom is -0.462 e. The lowest BCUT2D eigenvalue weighted by Gasteiger charge is -2.34. The van der Waals surface area contributed by atoms with Gasteiger partial charge in [0.25, 0.3) is 0 Å². The fraction of sp³-hybridized carbons (Fsp3) is 0.368. The van der Waals surface area contributed by atoms with Gasteiger partial charge in [-0.2, -0.15) is 0 Å². The van der Waals surface area contributed by atoms with Gasteiger partial charge < -0.3 is 24.8 Å². The molecule has 0 spiro atoms. The zero-order valence-electron chi connectivity index (χ0n) is 14.7. The molecule has 0 bridgehead atoms. The number of aliphatic hydroxyl groups is 3. The van der Waals surface area contributed by atoms with Gasteiger partial charge in [-0.15, -0.1) is 0 Å². The summed E-state index contributed by atoms with van der Waals surface area (Å²) in [7, 11) is -3.21. The zero-order valence-corrected chi connectivity index (χ0v) is 15.5. The Morgan fingerprint density at radius 1 is 0.963 bits per heavy atom. The minimum atomic E-state index is -3.21. The third-order valence-corrected chi connectivity index (χ3v) is 5.52. The van der Waals surface area contributed by atoms with Crippen LogP contribution >= 0.6 is 0 Å². The molecule has 1 saturated heterocycles. The molecule has 1 heterocycles. The van der Waals surface area contributed by atoms with Gasteiger partial charge in [0, 0.05) is 6.26 Å². The summed E-state index contributed by atoms with van der Waals surface area (Å²) in [6, 6.07) is 13.9. The van der Waals surface area contributed by atoms with E-state index in [1.807, 2.05) is 12.1 Å². The molecule has 1 fully saturated rings. The van der Waals surface area contributed by atoms with Crippen molar-refractivity contribution in [1.82, 2.24) is 0 Å². The van der Waals surface area contributed by atoms with Gasteiger partial charge in [-0.05, 0) is 41.8 Å². The van der Waals surface area contributed by atoms with Gasteiger partial charge >= 0.3 is 0 Å². The Hall–Kier alpha value is -1.97. The first kappa shape index (κ1) is 19.8. The predicted octanol–water partition coefficient (Wildman–Crippen LogP) is 0.499. The van der Waals surface area contributed by atoms with Crippen molar-refractivity contribution < 1.29 is 33.2 Å². The zero-order chi connectivity index (χ0) is 19.6. The molecule has 0 saturated carbocycles. The molecule has 0 amide bonds. The minimum absolute atomic E-state index is 0.121. The summed E-state index contributed by atoms with van der Waals surface area (Å²) >= 11 is 0. The Kier molecular flexibility index (Phi) is 5.83. The molecule has 146 valence electrons. The second-order valence-corrected chi connectivity index (χ2v) is 8.62. The number of hydrogen-bond donors (Lipinski definition) is 3. The molecule has 0 aliphatic carbocycles. The highest BCUT2D eigenvalue weighted by Gasteiger charge is 2.38. The third-order valence-electron chi connectivity index (χ3n) is 4.39. The Labute approximate surface area is 157 Å². The Morgan fingerprint density at radius 3 is 2.07 bits per heavy atom. The average molecular weight is 394 g/mol. The van der Waals surface area contributed by atoms with E-state index in [4.69, 9.17) is 9.47 Å². The fourth-order valence-corrected chi connectivity index (χ4v) is 3.42. The Morgan fingerprint density at radius 2 is 1.52 bits per heavy atom. The Bertz CT molecular complexity index is 862. The highest BCUT2D eigenvalue weighted by Crippen LogP contribution is 2.22. The van der Waals surface area contributed by atoms with Crippen molar-refractivity contribution in [3.8, 4) is 5.75 Å². The van der Waals surface area contributed by atoms with Crippen LogP contribution in [0.3, 0.4) is 0 Å². The number of aliphatic hydroxyl groups excluding tert-OH is 3. The van der Waals surface area contributed by atoms with E-state index >= 15 is 0 Å². The summed E-state index contributed by atoms with van der Waals surface area (Å²) < 4.78 is 33.7. The van der Waals surface area contributed by atoms with Crippen molar-refractivity contribution in [3.63, 3.8) is 0 Å². The molecule has 1 aliphatic rings. The lowest BCUT2D eigenvalue weighted by Crippen LogP contribution is -2.54. The van der Waals surface area contributed by atoms with Crippen LogP contribution in [0.1, 0.15) is 11.1 Å². The molecule has 8 heteroatoms. The highest BCUT2D eigenvalue weighted by atomic mass is 32.2. The molecule has 0 radical (unpaired) electrons. The van der Waals surface area contributed by atoms with Crippen LogP contribution in [0.4, 0.5) is 0 Å². The van der Waals surface area contributed by atoms with Crippen LogP contribution in [0.2, 0.25) is 0 Å². The van der Waals surface area contributed by atoms with Gasteiger partial charge in [-0.1, -0.05) is 24.3 Å². The smallest absolute Gasteiger partial charge is 0.228 e. The van der Waals surface area contributed by atoms with Crippen LogP contribution in [0.5, 0.6) is 5.75 Å². The maximum absolute atomic E-state index is 11.5. The standard InChI is InChI=1S/C19H22O7S/c1-27(23,24)15-8-4-13(5-9-15)10-12-2-6-14(7-3-12)26-19-18(22)17(21)16(20)11-25-19/h2-9,16-22H,10-11H2,1H3/t16-,17+,18-,19+/m1/s1. The van der Waals surface area contributed by atoms with E-state index in [0.717, 1.165) is 11.1 Å². The van der Waals surface area contributed by atoms with Crippen LogP contribution in [0, 0.1) is 0 Å². The molecular formula is C19H22O7S. The molecule has 7 nitrogen and oxygen atoms in total. The first-order chi connectivity index (χ1) is 12.7. The van der Waals surface area contributed by atoms with Crippen LogP contribution in [0.15, 0.2) is 53.4 Å². The maximum atomic E-state index is 11.5. The summed E-state index contributed by atoms with van der Waals surface area (Å²) in [4.78, 5) is 0.286. The summed E-state index contributed by atoms with van der Waals surface area (Å²) in [5, 5.41) is 29.0. The average Bonchev–Trinajstić information content (AvgIpc) is 2.63. The topological polar surface area (TPSA) is 113 Å². The molecule has 1 aliphatic heterocycles. The monoisotopic (exact) mass is 394 g/mol. The van der Waals surface area contributed by atoms with Gasteiger partial charge in [-0.3, -0.25) is 0 Å². The van der Waals surface area contributed by atoms with Gasteiger partial charge in [0.1, 0.15) is 24.1 Å². The third kappa shape index (κ3) is 4.85. The first-order valence-electron chi connectivity index (χ1n) is 8.44. The van der Waals surface area contributed by atoms with Crippen molar-refractivity contribution in [2.45, 2.75) is 35.9 Å². The highest BCUT2D eigenvalue weighted by molar-refractivity contribution is 7.90. The van der Waals surface area contributed by atoms with Gasteiger partial charge in [0.2, 0.25) is 6.29 Å². The fourth-order valence-electron chi connectivity index (χ4n) is 2.79. The van der Waals surface area contributed by atoms with E-state index in [9.17, 15) is 23.7 Å². The van der Waals surface area contributed by atoms with E-state index < -0.39 is 34.4 Å². The normalized spacial score (nSPS) is 25.9. The summed E-state index contributed by atoms with van der Waals surface area (Å²) in [6.45, 7) is -0.121. The molecule has 27 heavy (non-hydrogen) atoms. The largest absolute Gasteiger partial charge is 0.462 e. The summed E-state index contributed by atoms with van der Waals surface area (Å²) in [5.41, 5.74) is 1.97. The number of benzene rings is 2. The number of rotatable bonds is 5. The number of ether oxygens (including phenoxy) is 2. The van der Waals surface area contributed by atoms with Crippen LogP contribution in [0.25, 0.3) is 0 Å². The number of sulfone groups is 1. The molecule has 0 aromatic heterocycles. The SMILES string of the molecule is CS(=O)(=O)c1ccc(Cc2ccc(O[C@@H]3OC[C@@H](O)[C@H](O)[C@H]3O)cc2)cc1. The molecular weight excluding hydrogens is 372 g/mol. The molecule has 3 N–H and O–H groups in total. The van der Waals surface area contributed by atoms with E-state index in [0.29, 0.717) is 12.2 Å². The van der Waals surface area contributed by atoms with Gasteiger partial charge in [0.05, 0.1) is 11.5 Å². The van der Waals surface area contributed by atoms with Crippen LogP contribution in [-0.4, -0.2) is 61.2 Å². The van der Waals surface area contributed by atoms with Crippen molar-refractivity contribution in [2.24, 2.45) is 0 Å². The molecule has 0 unspecified atom stereocenters. The lowest BCUT2D eigenvalue weighted by atomic mass is 10.0. The molecule has 4 atom stereocenters. The maximum Gasteiger partial charge on any atom is 0.228 e. The van der Waals surface area contributed by atoms with Gasteiger partial charge in [0.15, 0.2) is 9.84 Å². The van der Waals surface area contributed by atoms with E-state index in [1.165, 1.54) is 6.26 Å². The molecule has 3 rings (SSSR count). The van der Waals surface area contributed by atoms with E-state index in [-0.39, 0.29) is 11.5 Å². The van der Waals surface area contributed by atoms with Crippen LogP contribution < -0.4 is 4.74 Å². The number of hydrogen-bond acceptors (Lipinski definition) is 7. The van der Waals surface area contributed by atoms with E-state index in [1.54, 1.807) is 36.4 Å². The van der Waals surface area contributed by atoms with Crippen molar-refractivity contribution in [2.75, 3.05) is 12.9 Å². The quantitative estimate of drug-likeness (QED) is 0.677. The second kappa shape index (κ2) is 7.95. The molecule has 2 aromatic carbocycles. The van der Waals surface area contributed by atoms with Gasteiger partial charge in [-0.25, -0.2) is 8.42 Å². The summed E-state index contributed by atoms with van der Waals surface area (Å²) in [6.07, 6.45) is -3.07. The summed E-state index contributed by atoms with van der Waals surface area (Å²) in [5.74, 6) is 0.457. The van der Waals surface area contributed by atoms with E-state index in [2.05, 4.69) is 0 Å². The Balaban J connectivity index is 1.62. The predicted molar refractivity (Wildman–Crippen MR) is 97.2 cm³/mol. The van der Waals surface area contributed by atoms with Crippen molar-refractivity contribution >= 4 is 9.84 Å². The first-order valence-corrected chi connectivity index (χ1v) is 10.3. The van der Waals surface area contributed by atoms with Crippen LogP contribution in [-0.2, 0) is 21.0 Å². The van der Waals surface area contributed by atoms with Crippen molar-refractivity contribution in [3.05, 3.63) is 59.7 Å².